The highest BCUT2D eigenvalue weighted by molar-refractivity contribution is 5.94. The van der Waals surface area contributed by atoms with Gasteiger partial charge < -0.3 is 9.84 Å². The molecule has 3 nitrogen and oxygen atoms in total. The largest absolute Gasteiger partial charge is 0.511 e. The van der Waals surface area contributed by atoms with E-state index in [1.807, 2.05) is 0 Å². The molecule has 0 spiro atoms. The molecule has 21 heavy (non-hydrogen) atoms. The molecule has 1 fully saturated rings. The first-order valence-electron chi connectivity index (χ1n) is 6.29. The van der Waals surface area contributed by atoms with E-state index < -0.39 is 34.4 Å². The molecule has 2 heterocycles. The fourth-order valence-electron chi connectivity index (χ4n) is 2.39. The third-order valence-corrected chi connectivity index (χ3v) is 3.66. The number of hydrogen-bond acceptors (Lipinski definition) is 3. The zero-order chi connectivity index (χ0) is 15.3. The van der Waals surface area contributed by atoms with E-state index in [0.717, 1.165) is 18.3 Å². The fourth-order valence-corrected chi connectivity index (χ4v) is 2.39. The molecule has 0 bridgehead atoms. The van der Waals surface area contributed by atoms with E-state index in [9.17, 15) is 22.7 Å². The number of halogens is 4. The van der Waals surface area contributed by atoms with Crippen LogP contribution in [0.1, 0.15) is 18.4 Å². The predicted molar refractivity (Wildman–Crippen MR) is 66.3 cm³/mol. The maximum atomic E-state index is 14.6. The second-order valence-electron chi connectivity index (χ2n) is 5.01. The van der Waals surface area contributed by atoms with Crippen LogP contribution in [0.3, 0.4) is 0 Å². The van der Waals surface area contributed by atoms with Gasteiger partial charge >= 0.3 is 5.92 Å². The lowest BCUT2D eigenvalue weighted by Crippen LogP contribution is -2.43. The van der Waals surface area contributed by atoms with Crippen molar-refractivity contribution in [2.24, 2.45) is 4.99 Å². The van der Waals surface area contributed by atoms with Crippen LogP contribution in [0.5, 0.6) is 0 Å². The number of benzene rings is 1. The van der Waals surface area contributed by atoms with Crippen LogP contribution < -0.4 is 0 Å². The SMILES string of the molecule is OC1=CN=C(C(F)(F)C2(c3ccc(F)cc3F)CO2)CC1. The van der Waals surface area contributed by atoms with E-state index in [0.29, 0.717) is 6.07 Å². The molecule has 0 amide bonds. The van der Waals surface area contributed by atoms with E-state index >= 15 is 0 Å². The van der Waals surface area contributed by atoms with Crippen LogP contribution in [0.25, 0.3) is 0 Å². The van der Waals surface area contributed by atoms with Crippen molar-refractivity contribution in [3.63, 3.8) is 0 Å². The number of aliphatic imine (C=N–C) groups is 1. The molecule has 0 radical (unpaired) electrons. The lowest BCUT2D eigenvalue weighted by molar-refractivity contribution is -0.0173. The van der Waals surface area contributed by atoms with Crippen molar-refractivity contribution in [3.8, 4) is 0 Å². The van der Waals surface area contributed by atoms with Crippen LogP contribution in [-0.2, 0) is 10.3 Å². The minimum Gasteiger partial charge on any atom is -0.511 e. The summed E-state index contributed by atoms with van der Waals surface area (Å²) in [6.07, 6.45) is 0.837. The van der Waals surface area contributed by atoms with E-state index in [2.05, 4.69) is 4.99 Å². The number of allylic oxidation sites excluding steroid dienone is 1. The van der Waals surface area contributed by atoms with Gasteiger partial charge in [0.15, 0.2) is 5.60 Å². The second-order valence-corrected chi connectivity index (χ2v) is 5.01. The van der Waals surface area contributed by atoms with Crippen molar-refractivity contribution in [2.45, 2.75) is 24.4 Å². The Labute approximate surface area is 117 Å². The summed E-state index contributed by atoms with van der Waals surface area (Å²) in [4.78, 5) is 3.54. The molecule has 1 unspecified atom stereocenters. The lowest BCUT2D eigenvalue weighted by atomic mass is 9.87. The molecule has 2 aliphatic heterocycles. The molecule has 1 atom stereocenters. The van der Waals surface area contributed by atoms with Crippen LogP contribution in [-0.4, -0.2) is 23.3 Å². The molecular formula is C14H11F4NO2. The van der Waals surface area contributed by atoms with Crippen LogP contribution in [0.2, 0.25) is 0 Å². The molecule has 1 N–H and O–H groups in total. The van der Waals surface area contributed by atoms with E-state index in [4.69, 9.17) is 4.74 Å². The second kappa shape index (κ2) is 4.56. The highest BCUT2D eigenvalue weighted by Gasteiger charge is 2.68. The van der Waals surface area contributed by atoms with Crippen LogP contribution >= 0.6 is 0 Å². The van der Waals surface area contributed by atoms with Crippen molar-refractivity contribution in [2.75, 3.05) is 6.61 Å². The number of epoxide rings is 1. The van der Waals surface area contributed by atoms with E-state index in [1.54, 1.807) is 0 Å². The Kier molecular flexibility index (Phi) is 3.05. The summed E-state index contributed by atoms with van der Waals surface area (Å²) in [6.45, 7) is -0.378. The van der Waals surface area contributed by atoms with Gasteiger partial charge in [0.1, 0.15) is 17.4 Å². The highest BCUT2D eigenvalue weighted by atomic mass is 19.3. The summed E-state index contributed by atoms with van der Waals surface area (Å²) in [5.41, 5.74) is -3.03. The minimum absolute atomic E-state index is 0.0381. The van der Waals surface area contributed by atoms with E-state index in [-0.39, 0.29) is 25.2 Å². The number of ether oxygens (including phenoxy) is 1. The Morgan fingerprint density at radius 2 is 1.95 bits per heavy atom. The number of alkyl halides is 2. The van der Waals surface area contributed by atoms with E-state index in [1.165, 1.54) is 0 Å². The first kappa shape index (κ1) is 14.1. The summed E-state index contributed by atoms with van der Waals surface area (Å²) in [5, 5.41) is 9.18. The molecule has 2 aliphatic rings. The maximum absolute atomic E-state index is 14.6. The molecule has 1 aromatic carbocycles. The Morgan fingerprint density at radius 1 is 1.24 bits per heavy atom. The van der Waals surface area contributed by atoms with Gasteiger partial charge in [-0.2, -0.15) is 8.78 Å². The summed E-state index contributed by atoms with van der Waals surface area (Å²) in [7, 11) is 0. The van der Waals surface area contributed by atoms with Crippen molar-refractivity contribution >= 4 is 5.71 Å². The van der Waals surface area contributed by atoms with Crippen LogP contribution in [0.4, 0.5) is 17.6 Å². The standard InChI is InChI=1S/C14H11F4NO2/c15-8-1-3-10(11(16)5-8)13(7-21-13)14(17,18)12-4-2-9(20)6-19-12/h1,3,5-6,20H,2,4,7H2. The molecule has 0 saturated carbocycles. The van der Waals surface area contributed by atoms with Crippen molar-refractivity contribution in [1.82, 2.24) is 0 Å². The normalized spacial score (nSPS) is 25.3. The number of rotatable bonds is 3. The maximum Gasteiger partial charge on any atom is 0.320 e. The van der Waals surface area contributed by atoms with Gasteiger partial charge in [0.2, 0.25) is 0 Å². The van der Waals surface area contributed by atoms with Gasteiger partial charge in [-0.1, -0.05) is 0 Å². The summed E-state index contributed by atoms with van der Waals surface area (Å²) < 4.78 is 60.8. The smallest absolute Gasteiger partial charge is 0.320 e. The number of aliphatic hydroxyl groups is 1. The van der Waals surface area contributed by atoms with Crippen LogP contribution in [0, 0.1) is 11.6 Å². The Morgan fingerprint density at radius 3 is 2.48 bits per heavy atom. The van der Waals surface area contributed by atoms with Crippen LogP contribution in [0.15, 0.2) is 35.2 Å². The van der Waals surface area contributed by atoms with Gasteiger partial charge in [-0.25, -0.2) is 8.78 Å². The Hall–Kier alpha value is -1.89. The summed E-state index contributed by atoms with van der Waals surface area (Å²) >= 11 is 0. The van der Waals surface area contributed by atoms with Gasteiger partial charge in [0, 0.05) is 18.1 Å². The molecular weight excluding hydrogens is 290 g/mol. The average molecular weight is 301 g/mol. The Balaban J connectivity index is 2.02. The molecule has 3 rings (SSSR count). The lowest BCUT2D eigenvalue weighted by Gasteiger charge is -2.27. The monoisotopic (exact) mass is 301 g/mol. The van der Waals surface area contributed by atoms with Gasteiger partial charge in [-0.3, -0.25) is 4.99 Å². The minimum atomic E-state index is -3.54. The summed E-state index contributed by atoms with van der Waals surface area (Å²) in [5.74, 6) is -5.56. The molecule has 1 saturated heterocycles. The van der Waals surface area contributed by atoms with Crippen molar-refractivity contribution < 1.29 is 27.4 Å². The first-order chi connectivity index (χ1) is 9.87. The first-order valence-corrected chi connectivity index (χ1v) is 6.29. The van der Waals surface area contributed by atoms with Gasteiger partial charge in [0.25, 0.3) is 0 Å². The zero-order valence-electron chi connectivity index (χ0n) is 10.7. The molecule has 1 aromatic rings. The molecule has 7 heteroatoms. The van der Waals surface area contributed by atoms with Crippen molar-refractivity contribution in [3.05, 3.63) is 47.4 Å². The quantitative estimate of drug-likeness (QED) is 0.686. The molecule has 0 aromatic heterocycles. The van der Waals surface area contributed by atoms with Crippen molar-refractivity contribution in [1.29, 1.82) is 0 Å². The zero-order valence-corrected chi connectivity index (χ0v) is 10.7. The van der Waals surface area contributed by atoms with Gasteiger partial charge in [-0.05, 0) is 18.6 Å². The van der Waals surface area contributed by atoms with Gasteiger partial charge in [0.05, 0.1) is 18.5 Å². The number of hydrogen-bond donors (Lipinski definition) is 1. The summed E-state index contributed by atoms with van der Waals surface area (Å²) in [6, 6.07) is 2.41. The number of aliphatic hydroxyl groups excluding tert-OH is 1. The average Bonchev–Trinajstić information content (AvgIpc) is 3.21. The topological polar surface area (TPSA) is 45.1 Å². The number of nitrogens with zero attached hydrogens (tertiary/aromatic N) is 1. The molecule has 112 valence electrons. The van der Waals surface area contributed by atoms with Gasteiger partial charge in [-0.15, -0.1) is 0 Å². The third kappa shape index (κ3) is 2.12. The molecule has 0 aliphatic carbocycles. The Bertz CT molecular complexity index is 650. The third-order valence-electron chi connectivity index (χ3n) is 3.66. The fraction of sp³-hybridized carbons (Fsp3) is 0.357. The predicted octanol–water partition coefficient (Wildman–Crippen LogP) is 3.46. The highest BCUT2D eigenvalue weighted by Crippen LogP contribution is 2.53.